The Morgan fingerprint density at radius 1 is 1.38 bits per heavy atom. The highest BCUT2D eigenvalue weighted by Crippen LogP contribution is 2.09. The van der Waals surface area contributed by atoms with Crippen molar-refractivity contribution < 1.29 is 9.90 Å². The Balaban J connectivity index is 2.54. The van der Waals surface area contributed by atoms with Crippen molar-refractivity contribution in [2.45, 2.75) is 13.3 Å². The van der Waals surface area contributed by atoms with E-state index < -0.39 is 5.97 Å². The lowest BCUT2D eigenvalue weighted by atomic mass is 10.1. The first kappa shape index (κ1) is 9.58. The van der Waals surface area contributed by atoms with Crippen molar-refractivity contribution in [1.29, 1.82) is 0 Å². The molecular weight excluding hydrogens is 166 g/mol. The highest BCUT2D eigenvalue weighted by Gasteiger charge is 1.96. The smallest absolute Gasteiger partial charge is 0.322 e. The zero-order chi connectivity index (χ0) is 9.68. The van der Waals surface area contributed by atoms with E-state index in [9.17, 15) is 4.79 Å². The third-order valence-corrected chi connectivity index (χ3v) is 1.81. The molecule has 1 aromatic carbocycles. The van der Waals surface area contributed by atoms with Crippen molar-refractivity contribution in [3.8, 4) is 0 Å². The van der Waals surface area contributed by atoms with Gasteiger partial charge in [-0.1, -0.05) is 19.1 Å². The monoisotopic (exact) mass is 179 g/mol. The van der Waals surface area contributed by atoms with Crippen LogP contribution in [0, 0.1) is 0 Å². The number of carboxylic acid groups (broad SMARTS) is 1. The Hall–Kier alpha value is -1.51. The van der Waals surface area contributed by atoms with E-state index in [0.717, 1.165) is 12.1 Å². The van der Waals surface area contributed by atoms with Crippen molar-refractivity contribution in [3.05, 3.63) is 29.8 Å². The summed E-state index contributed by atoms with van der Waals surface area (Å²) in [6.45, 7) is 2.05. The van der Waals surface area contributed by atoms with Gasteiger partial charge in [0.1, 0.15) is 6.54 Å². The van der Waals surface area contributed by atoms with Crippen LogP contribution >= 0.6 is 0 Å². The van der Waals surface area contributed by atoms with Crippen LogP contribution in [0.4, 0.5) is 5.69 Å². The summed E-state index contributed by atoms with van der Waals surface area (Å²) in [5, 5.41) is 11.2. The number of rotatable bonds is 4. The lowest BCUT2D eigenvalue weighted by molar-refractivity contribution is -0.134. The molecule has 0 atom stereocenters. The van der Waals surface area contributed by atoms with E-state index in [0.29, 0.717) is 0 Å². The van der Waals surface area contributed by atoms with Crippen LogP contribution in [-0.4, -0.2) is 17.6 Å². The second-order valence-electron chi connectivity index (χ2n) is 2.80. The minimum atomic E-state index is -0.848. The van der Waals surface area contributed by atoms with Gasteiger partial charge in [-0.25, -0.2) is 0 Å². The third kappa shape index (κ3) is 3.15. The number of aryl methyl sites for hydroxylation is 1. The maximum absolute atomic E-state index is 10.2. The molecule has 0 radical (unpaired) electrons. The van der Waals surface area contributed by atoms with Gasteiger partial charge in [-0.05, 0) is 24.1 Å². The summed E-state index contributed by atoms with van der Waals surface area (Å²) in [6.07, 6.45) is 0.999. The standard InChI is InChI=1S/C10H13NO2/c1-2-8-3-5-9(6-4-8)11-7-10(12)13/h3-6,11H,2,7H2,1H3,(H,12,13). The molecular formula is C10H13NO2. The maximum atomic E-state index is 10.2. The molecule has 0 aliphatic rings. The lowest BCUT2D eigenvalue weighted by Crippen LogP contribution is -2.12. The molecule has 0 saturated heterocycles. The number of hydrogen-bond acceptors (Lipinski definition) is 2. The molecule has 3 nitrogen and oxygen atoms in total. The summed E-state index contributed by atoms with van der Waals surface area (Å²) in [6, 6.07) is 7.76. The van der Waals surface area contributed by atoms with E-state index in [2.05, 4.69) is 12.2 Å². The Morgan fingerprint density at radius 2 is 2.00 bits per heavy atom. The predicted molar refractivity (Wildman–Crippen MR) is 51.9 cm³/mol. The second-order valence-corrected chi connectivity index (χ2v) is 2.80. The Morgan fingerprint density at radius 3 is 2.46 bits per heavy atom. The number of hydrogen-bond donors (Lipinski definition) is 2. The number of anilines is 1. The van der Waals surface area contributed by atoms with Crippen molar-refractivity contribution in [3.63, 3.8) is 0 Å². The van der Waals surface area contributed by atoms with Gasteiger partial charge < -0.3 is 10.4 Å². The van der Waals surface area contributed by atoms with Crippen LogP contribution in [0.3, 0.4) is 0 Å². The van der Waals surface area contributed by atoms with E-state index in [1.165, 1.54) is 5.56 Å². The quantitative estimate of drug-likeness (QED) is 0.740. The number of nitrogens with one attached hydrogen (secondary N) is 1. The summed E-state index contributed by atoms with van der Waals surface area (Å²) in [5.41, 5.74) is 2.10. The van der Waals surface area contributed by atoms with Gasteiger partial charge in [-0.2, -0.15) is 0 Å². The molecule has 1 rings (SSSR count). The molecule has 0 heterocycles. The van der Waals surface area contributed by atoms with Crippen molar-refractivity contribution in [2.75, 3.05) is 11.9 Å². The molecule has 0 saturated carbocycles. The van der Waals surface area contributed by atoms with Gasteiger partial charge in [0.05, 0.1) is 0 Å². The van der Waals surface area contributed by atoms with E-state index >= 15 is 0 Å². The Bertz CT molecular complexity index is 279. The zero-order valence-corrected chi connectivity index (χ0v) is 7.58. The first-order valence-electron chi connectivity index (χ1n) is 4.27. The Kier molecular flexibility index (Phi) is 3.31. The molecule has 70 valence electrons. The van der Waals surface area contributed by atoms with Gasteiger partial charge >= 0.3 is 5.97 Å². The number of aliphatic carboxylic acids is 1. The molecule has 0 unspecified atom stereocenters. The zero-order valence-electron chi connectivity index (χ0n) is 7.58. The second kappa shape index (κ2) is 4.50. The van der Waals surface area contributed by atoms with E-state index in [1.54, 1.807) is 0 Å². The van der Waals surface area contributed by atoms with Gasteiger partial charge in [0.2, 0.25) is 0 Å². The highest BCUT2D eigenvalue weighted by atomic mass is 16.4. The maximum Gasteiger partial charge on any atom is 0.322 e. The molecule has 13 heavy (non-hydrogen) atoms. The fraction of sp³-hybridized carbons (Fsp3) is 0.300. The molecule has 0 aromatic heterocycles. The SMILES string of the molecule is CCc1ccc(NCC(=O)O)cc1. The van der Waals surface area contributed by atoms with Crippen LogP contribution in [-0.2, 0) is 11.2 Å². The van der Waals surface area contributed by atoms with E-state index in [4.69, 9.17) is 5.11 Å². The lowest BCUT2D eigenvalue weighted by Gasteiger charge is -2.03. The normalized spacial score (nSPS) is 9.62. The fourth-order valence-corrected chi connectivity index (χ4v) is 1.04. The average Bonchev–Trinajstić information content (AvgIpc) is 2.15. The summed E-state index contributed by atoms with van der Waals surface area (Å²) in [5.74, 6) is -0.848. The first-order valence-corrected chi connectivity index (χ1v) is 4.27. The van der Waals surface area contributed by atoms with Gasteiger partial charge in [-0.15, -0.1) is 0 Å². The van der Waals surface area contributed by atoms with Crippen LogP contribution in [0.2, 0.25) is 0 Å². The van der Waals surface area contributed by atoms with Crippen LogP contribution in [0.1, 0.15) is 12.5 Å². The molecule has 0 amide bonds. The van der Waals surface area contributed by atoms with Crippen molar-refractivity contribution in [2.24, 2.45) is 0 Å². The fourth-order valence-electron chi connectivity index (χ4n) is 1.04. The molecule has 0 fully saturated rings. The Labute approximate surface area is 77.4 Å². The van der Waals surface area contributed by atoms with Gasteiger partial charge in [0.25, 0.3) is 0 Å². The summed E-state index contributed by atoms with van der Waals surface area (Å²) in [4.78, 5) is 10.2. The summed E-state index contributed by atoms with van der Waals surface area (Å²) >= 11 is 0. The number of carboxylic acids is 1. The van der Waals surface area contributed by atoms with Crippen molar-refractivity contribution >= 4 is 11.7 Å². The van der Waals surface area contributed by atoms with Crippen LogP contribution in [0.5, 0.6) is 0 Å². The van der Waals surface area contributed by atoms with Gasteiger partial charge in [0, 0.05) is 5.69 Å². The largest absolute Gasteiger partial charge is 0.480 e. The summed E-state index contributed by atoms with van der Waals surface area (Å²) < 4.78 is 0. The van der Waals surface area contributed by atoms with Crippen LogP contribution in [0.15, 0.2) is 24.3 Å². The number of benzene rings is 1. The van der Waals surface area contributed by atoms with Crippen LogP contribution in [0.25, 0.3) is 0 Å². The van der Waals surface area contributed by atoms with Crippen LogP contribution < -0.4 is 5.32 Å². The molecule has 0 aliphatic heterocycles. The summed E-state index contributed by atoms with van der Waals surface area (Å²) in [7, 11) is 0. The van der Waals surface area contributed by atoms with Crippen molar-refractivity contribution in [1.82, 2.24) is 0 Å². The molecule has 2 N–H and O–H groups in total. The highest BCUT2D eigenvalue weighted by molar-refractivity contribution is 5.72. The minimum absolute atomic E-state index is 0.0362. The average molecular weight is 179 g/mol. The first-order chi connectivity index (χ1) is 6.22. The minimum Gasteiger partial charge on any atom is -0.480 e. The van der Waals surface area contributed by atoms with Gasteiger partial charge in [0.15, 0.2) is 0 Å². The van der Waals surface area contributed by atoms with E-state index in [-0.39, 0.29) is 6.54 Å². The molecule has 0 spiro atoms. The molecule has 3 heteroatoms. The number of carbonyl (C=O) groups is 1. The molecule has 1 aromatic rings. The molecule has 0 aliphatic carbocycles. The third-order valence-electron chi connectivity index (χ3n) is 1.81. The predicted octanol–water partition coefficient (Wildman–Crippen LogP) is 1.75. The van der Waals surface area contributed by atoms with Gasteiger partial charge in [-0.3, -0.25) is 4.79 Å². The molecule has 0 bridgehead atoms. The topological polar surface area (TPSA) is 49.3 Å². The van der Waals surface area contributed by atoms with E-state index in [1.807, 2.05) is 24.3 Å².